The molecule has 1 unspecified atom stereocenters. The zero-order chi connectivity index (χ0) is 9.52. The molecule has 1 rings (SSSR count). The predicted molar refractivity (Wildman–Crippen MR) is 52.3 cm³/mol. The van der Waals surface area contributed by atoms with Gasteiger partial charge in [-0.05, 0) is 19.4 Å². The van der Waals surface area contributed by atoms with E-state index in [1.54, 1.807) is 6.33 Å². The van der Waals surface area contributed by atoms with Crippen molar-refractivity contribution in [3.8, 4) is 0 Å². The molecule has 0 aromatic carbocycles. The average Bonchev–Trinajstić information content (AvgIpc) is 2.65. The molecule has 0 spiro atoms. The van der Waals surface area contributed by atoms with Crippen molar-refractivity contribution in [2.24, 2.45) is 0 Å². The number of hydrogen-bond acceptors (Lipinski definition) is 3. The third kappa shape index (κ3) is 3.14. The van der Waals surface area contributed by atoms with Gasteiger partial charge in [0.15, 0.2) is 0 Å². The van der Waals surface area contributed by atoms with E-state index in [2.05, 4.69) is 34.3 Å². The van der Waals surface area contributed by atoms with Gasteiger partial charge in [0.2, 0.25) is 0 Å². The van der Waals surface area contributed by atoms with E-state index in [0.717, 1.165) is 31.6 Å². The van der Waals surface area contributed by atoms with Gasteiger partial charge in [-0.15, -0.1) is 0 Å². The van der Waals surface area contributed by atoms with Crippen LogP contribution in [-0.4, -0.2) is 21.7 Å². The van der Waals surface area contributed by atoms with Crippen LogP contribution in [0.5, 0.6) is 0 Å². The summed E-state index contributed by atoms with van der Waals surface area (Å²) in [6.45, 7) is 5.37. The van der Waals surface area contributed by atoms with Crippen molar-refractivity contribution in [2.45, 2.75) is 39.2 Å². The Labute approximate surface area is 79.2 Å². The highest BCUT2D eigenvalue weighted by Crippen LogP contribution is 2.12. The number of nitrogens with one attached hydrogen (secondary N) is 2. The van der Waals surface area contributed by atoms with Crippen molar-refractivity contribution in [1.82, 2.24) is 20.5 Å². The summed E-state index contributed by atoms with van der Waals surface area (Å²) in [5.41, 5.74) is 0. The lowest BCUT2D eigenvalue weighted by Crippen LogP contribution is -2.23. The van der Waals surface area contributed by atoms with Crippen molar-refractivity contribution in [3.05, 3.63) is 12.2 Å². The number of aromatic nitrogens is 3. The van der Waals surface area contributed by atoms with Crippen molar-refractivity contribution in [2.75, 3.05) is 6.54 Å². The third-order valence-electron chi connectivity index (χ3n) is 1.98. The molecule has 0 bridgehead atoms. The second-order valence-electron chi connectivity index (χ2n) is 3.17. The Bertz CT molecular complexity index is 207. The molecule has 13 heavy (non-hydrogen) atoms. The molecule has 2 N–H and O–H groups in total. The summed E-state index contributed by atoms with van der Waals surface area (Å²) in [5, 5.41) is 10.2. The van der Waals surface area contributed by atoms with Crippen LogP contribution in [0.3, 0.4) is 0 Å². The first kappa shape index (κ1) is 10.2. The van der Waals surface area contributed by atoms with E-state index in [-0.39, 0.29) is 0 Å². The first-order valence-corrected chi connectivity index (χ1v) is 4.97. The fraction of sp³-hybridized carbons (Fsp3) is 0.778. The molecule has 0 saturated heterocycles. The highest BCUT2D eigenvalue weighted by Gasteiger charge is 2.11. The first-order valence-electron chi connectivity index (χ1n) is 4.97. The van der Waals surface area contributed by atoms with E-state index in [0.29, 0.717) is 6.04 Å². The molecule has 4 nitrogen and oxygen atoms in total. The SMILES string of the molecule is CCCNC(CCC)c1ncn[nH]1. The van der Waals surface area contributed by atoms with Gasteiger partial charge in [-0.2, -0.15) is 5.10 Å². The molecule has 4 heteroatoms. The molecule has 74 valence electrons. The van der Waals surface area contributed by atoms with Crippen LogP contribution in [0, 0.1) is 0 Å². The molecule has 0 aliphatic carbocycles. The van der Waals surface area contributed by atoms with Crippen LogP contribution in [-0.2, 0) is 0 Å². The second-order valence-corrected chi connectivity index (χ2v) is 3.17. The minimum Gasteiger partial charge on any atom is -0.307 e. The Hall–Kier alpha value is -0.900. The second kappa shape index (κ2) is 5.70. The van der Waals surface area contributed by atoms with Gasteiger partial charge in [-0.25, -0.2) is 4.98 Å². The molecular formula is C9H18N4. The van der Waals surface area contributed by atoms with Crippen LogP contribution in [0.2, 0.25) is 0 Å². The smallest absolute Gasteiger partial charge is 0.141 e. The molecule has 0 amide bonds. The Morgan fingerprint density at radius 2 is 2.31 bits per heavy atom. The maximum absolute atomic E-state index is 4.16. The molecule has 1 heterocycles. The van der Waals surface area contributed by atoms with Crippen molar-refractivity contribution < 1.29 is 0 Å². The van der Waals surface area contributed by atoms with Crippen LogP contribution in [0.25, 0.3) is 0 Å². The van der Waals surface area contributed by atoms with E-state index < -0.39 is 0 Å². The summed E-state index contributed by atoms with van der Waals surface area (Å²) in [6, 6.07) is 0.340. The summed E-state index contributed by atoms with van der Waals surface area (Å²) in [4.78, 5) is 4.16. The number of hydrogen-bond donors (Lipinski definition) is 2. The predicted octanol–water partition coefficient (Wildman–Crippen LogP) is 1.65. The Kier molecular flexibility index (Phi) is 4.46. The van der Waals surface area contributed by atoms with Gasteiger partial charge in [0.05, 0.1) is 6.04 Å². The molecule has 0 fully saturated rings. The Morgan fingerprint density at radius 1 is 1.46 bits per heavy atom. The zero-order valence-electron chi connectivity index (χ0n) is 8.38. The summed E-state index contributed by atoms with van der Waals surface area (Å²) in [7, 11) is 0. The fourth-order valence-electron chi connectivity index (χ4n) is 1.33. The zero-order valence-corrected chi connectivity index (χ0v) is 8.38. The van der Waals surface area contributed by atoms with Crippen LogP contribution >= 0.6 is 0 Å². The van der Waals surface area contributed by atoms with Gasteiger partial charge < -0.3 is 5.32 Å². The van der Waals surface area contributed by atoms with Crippen LogP contribution in [0.15, 0.2) is 6.33 Å². The van der Waals surface area contributed by atoms with E-state index in [1.165, 1.54) is 0 Å². The fourth-order valence-corrected chi connectivity index (χ4v) is 1.33. The molecule has 1 aromatic heterocycles. The van der Waals surface area contributed by atoms with Gasteiger partial charge in [-0.1, -0.05) is 20.3 Å². The average molecular weight is 182 g/mol. The highest BCUT2D eigenvalue weighted by molar-refractivity contribution is 4.90. The number of nitrogens with zero attached hydrogens (tertiary/aromatic N) is 2. The first-order chi connectivity index (χ1) is 6.38. The minimum absolute atomic E-state index is 0.340. The summed E-state index contributed by atoms with van der Waals surface area (Å²) < 4.78 is 0. The lowest BCUT2D eigenvalue weighted by molar-refractivity contribution is 0.473. The van der Waals surface area contributed by atoms with E-state index in [9.17, 15) is 0 Å². The Morgan fingerprint density at radius 3 is 2.85 bits per heavy atom. The summed E-state index contributed by atoms with van der Waals surface area (Å²) in [6.07, 6.45) is 4.97. The van der Waals surface area contributed by atoms with Crippen molar-refractivity contribution in [1.29, 1.82) is 0 Å². The van der Waals surface area contributed by atoms with Crippen molar-refractivity contribution in [3.63, 3.8) is 0 Å². The summed E-state index contributed by atoms with van der Waals surface area (Å²) >= 11 is 0. The number of rotatable bonds is 6. The molecule has 1 aromatic rings. The van der Waals surface area contributed by atoms with Gasteiger partial charge in [0.25, 0.3) is 0 Å². The van der Waals surface area contributed by atoms with Crippen LogP contribution in [0.1, 0.15) is 45.0 Å². The number of aromatic amines is 1. The summed E-state index contributed by atoms with van der Waals surface area (Å²) in [5.74, 6) is 0.954. The van der Waals surface area contributed by atoms with E-state index in [1.807, 2.05) is 0 Å². The molecular weight excluding hydrogens is 164 g/mol. The molecule has 0 aliphatic rings. The van der Waals surface area contributed by atoms with Gasteiger partial charge in [-0.3, -0.25) is 5.10 Å². The van der Waals surface area contributed by atoms with Gasteiger partial charge >= 0.3 is 0 Å². The third-order valence-corrected chi connectivity index (χ3v) is 1.98. The standard InChI is InChI=1S/C9H18N4/c1-3-5-8(10-6-4-2)9-11-7-12-13-9/h7-8,10H,3-6H2,1-2H3,(H,11,12,13). The molecule has 1 atom stereocenters. The lowest BCUT2D eigenvalue weighted by Gasteiger charge is -2.14. The highest BCUT2D eigenvalue weighted by atomic mass is 15.2. The molecule has 0 radical (unpaired) electrons. The van der Waals surface area contributed by atoms with E-state index in [4.69, 9.17) is 0 Å². The topological polar surface area (TPSA) is 53.6 Å². The van der Waals surface area contributed by atoms with Gasteiger partial charge in [0, 0.05) is 0 Å². The molecule has 0 saturated carbocycles. The van der Waals surface area contributed by atoms with Crippen molar-refractivity contribution >= 4 is 0 Å². The quantitative estimate of drug-likeness (QED) is 0.703. The van der Waals surface area contributed by atoms with Crippen LogP contribution in [0.4, 0.5) is 0 Å². The molecule has 0 aliphatic heterocycles. The Balaban J connectivity index is 2.47. The van der Waals surface area contributed by atoms with Gasteiger partial charge in [0.1, 0.15) is 12.2 Å². The maximum Gasteiger partial charge on any atom is 0.141 e. The van der Waals surface area contributed by atoms with Crippen LogP contribution < -0.4 is 5.32 Å². The minimum atomic E-state index is 0.340. The normalized spacial score (nSPS) is 13.1. The lowest BCUT2D eigenvalue weighted by atomic mass is 10.1. The largest absolute Gasteiger partial charge is 0.307 e. The monoisotopic (exact) mass is 182 g/mol. The van der Waals surface area contributed by atoms with E-state index >= 15 is 0 Å². The number of H-pyrrole nitrogens is 1. The maximum atomic E-state index is 4.16.